The summed E-state index contributed by atoms with van der Waals surface area (Å²) in [6.45, 7) is 5.78. The van der Waals surface area contributed by atoms with E-state index in [-0.39, 0.29) is 5.82 Å². The Balaban J connectivity index is 2.15. The van der Waals surface area contributed by atoms with Crippen LogP contribution in [-0.4, -0.2) is 29.4 Å². The van der Waals surface area contributed by atoms with Gasteiger partial charge in [0.25, 0.3) is 5.91 Å². The number of nitrogens with one attached hydrogen (secondary N) is 1. The van der Waals surface area contributed by atoms with Crippen molar-refractivity contribution in [1.82, 2.24) is 19.8 Å². The first-order valence-electron chi connectivity index (χ1n) is 6.53. The standard InChI is InChI=1S/C12H16N4O4S2/c1-7(2)4-9-11(21-8(3)14-9)12(17)16-22(18,19)5-10-13-6-20-15-10/h6-7H,4-5H2,1-3H3,(H,16,17). The SMILES string of the molecule is Cc1nc(CC(C)C)c(C(=O)NS(=O)(=O)Cc2ncon2)s1. The molecule has 0 fully saturated rings. The van der Waals surface area contributed by atoms with Crippen LogP contribution in [0.5, 0.6) is 0 Å². The van der Waals surface area contributed by atoms with Crippen LogP contribution in [0.2, 0.25) is 0 Å². The summed E-state index contributed by atoms with van der Waals surface area (Å²) in [5, 5.41) is 4.14. The summed E-state index contributed by atoms with van der Waals surface area (Å²) in [7, 11) is -3.89. The number of aryl methyl sites for hydroxylation is 1. The maximum absolute atomic E-state index is 12.2. The summed E-state index contributed by atoms with van der Waals surface area (Å²) in [5.74, 6) is -0.899. The minimum Gasteiger partial charge on any atom is -0.343 e. The van der Waals surface area contributed by atoms with Crippen molar-refractivity contribution in [1.29, 1.82) is 0 Å². The molecule has 10 heteroatoms. The predicted molar refractivity (Wildman–Crippen MR) is 79.8 cm³/mol. The Morgan fingerprint density at radius 3 is 2.77 bits per heavy atom. The lowest BCUT2D eigenvalue weighted by Gasteiger charge is -2.06. The molecule has 22 heavy (non-hydrogen) atoms. The van der Waals surface area contributed by atoms with E-state index in [2.05, 4.69) is 19.6 Å². The topological polar surface area (TPSA) is 115 Å². The molecule has 2 aromatic heterocycles. The zero-order valence-corrected chi connectivity index (χ0v) is 14.0. The second-order valence-corrected chi connectivity index (χ2v) is 8.07. The van der Waals surface area contributed by atoms with Crippen LogP contribution in [-0.2, 0) is 22.2 Å². The molecule has 8 nitrogen and oxygen atoms in total. The number of thiazole rings is 1. The van der Waals surface area contributed by atoms with Crippen molar-refractivity contribution >= 4 is 27.3 Å². The number of nitrogens with zero attached hydrogens (tertiary/aromatic N) is 3. The molecule has 0 aliphatic heterocycles. The number of amides is 1. The summed E-state index contributed by atoms with van der Waals surface area (Å²) >= 11 is 1.18. The molecule has 0 atom stereocenters. The molecular formula is C12H16N4O4S2. The second kappa shape index (κ2) is 6.53. The van der Waals surface area contributed by atoms with Gasteiger partial charge in [-0.25, -0.2) is 18.1 Å². The first-order valence-corrected chi connectivity index (χ1v) is 9.00. The molecule has 0 saturated heterocycles. The first kappa shape index (κ1) is 16.6. The molecule has 0 bridgehead atoms. The zero-order valence-electron chi connectivity index (χ0n) is 12.4. The van der Waals surface area contributed by atoms with Gasteiger partial charge < -0.3 is 4.52 Å². The molecule has 0 unspecified atom stereocenters. The van der Waals surface area contributed by atoms with Crippen LogP contribution in [0.3, 0.4) is 0 Å². The molecule has 0 spiro atoms. The van der Waals surface area contributed by atoms with Crippen molar-refractivity contribution in [3.63, 3.8) is 0 Å². The molecule has 1 N–H and O–H groups in total. The van der Waals surface area contributed by atoms with E-state index < -0.39 is 21.7 Å². The Labute approximate surface area is 132 Å². The molecule has 0 saturated carbocycles. The smallest absolute Gasteiger partial charge is 0.276 e. The van der Waals surface area contributed by atoms with Gasteiger partial charge in [0.1, 0.15) is 10.6 Å². The van der Waals surface area contributed by atoms with E-state index >= 15 is 0 Å². The van der Waals surface area contributed by atoms with E-state index in [9.17, 15) is 13.2 Å². The normalized spacial score (nSPS) is 11.8. The average Bonchev–Trinajstić information content (AvgIpc) is 2.97. The van der Waals surface area contributed by atoms with Crippen molar-refractivity contribution < 1.29 is 17.7 Å². The third-order valence-electron chi connectivity index (χ3n) is 2.59. The van der Waals surface area contributed by atoms with Gasteiger partial charge in [-0.15, -0.1) is 11.3 Å². The highest BCUT2D eigenvalue weighted by Gasteiger charge is 2.23. The molecule has 120 valence electrons. The van der Waals surface area contributed by atoms with E-state index in [0.29, 0.717) is 22.9 Å². The Morgan fingerprint density at radius 1 is 1.45 bits per heavy atom. The van der Waals surface area contributed by atoms with E-state index in [4.69, 9.17) is 0 Å². The summed E-state index contributed by atoms with van der Waals surface area (Å²) in [6, 6.07) is 0. The molecule has 0 radical (unpaired) electrons. The maximum Gasteiger partial charge on any atom is 0.276 e. The minimum atomic E-state index is -3.89. The number of hydrogen-bond acceptors (Lipinski definition) is 8. The Morgan fingerprint density at radius 2 is 2.18 bits per heavy atom. The lowest BCUT2D eigenvalue weighted by Crippen LogP contribution is -2.32. The van der Waals surface area contributed by atoms with E-state index in [0.717, 1.165) is 11.4 Å². The molecular weight excluding hydrogens is 328 g/mol. The van der Waals surface area contributed by atoms with Crippen molar-refractivity contribution in [3.8, 4) is 0 Å². The number of rotatable bonds is 6. The van der Waals surface area contributed by atoms with Crippen molar-refractivity contribution in [2.24, 2.45) is 5.92 Å². The number of hydrogen-bond donors (Lipinski definition) is 1. The third-order valence-corrected chi connectivity index (χ3v) is 4.73. The van der Waals surface area contributed by atoms with E-state index in [1.807, 2.05) is 18.6 Å². The fourth-order valence-corrected chi connectivity index (χ4v) is 3.65. The second-order valence-electron chi connectivity index (χ2n) is 5.14. The molecule has 2 aromatic rings. The zero-order chi connectivity index (χ0) is 16.3. The number of carbonyl (C=O) groups is 1. The van der Waals surface area contributed by atoms with Gasteiger partial charge in [-0.1, -0.05) is 19.0 Å². The van der Waals surface area contributed by atoms with Crippen molar-refractivity contribution in [3.05, 3.63) is 27.8 Å². The maximum atomic E-state index is 12.2. The summed E-state index contributed by atoms with van der Waals surface area (Å²) < 4.78 is 30.4. The Hall–Kier alpha value is -1.81. The fraction of sp³-hybridized carbons (Fsp3) is 0.500. The van der Waals surface area contributed by atoms with Crippen LogP contribution < -0.4 is 4.72 Å². The number of aromatic nitrogens is 3. The van der Waals surface area contributed by atoms with Gasteiger partial charge in [0, 0.05) is 0 Å². The number of sulfonamides is 1. The Bertz CT molecular complexity index is 750. The van der Waals surface area contributed by atoms with Crippen LogP contribution in [0, 0.1) is 12.8 Å². The van der Waals surface area contributed by atoms with Gasteiger partial charge >= 0.3 is 0 Å². The summed E-state index contributed by atoms with van der Waals surface area (Å²) in [6.07, 6.45) is 1.64. The van der Waals surface area contributed by atoms with Crippen LogP contribution in [0.4, 0.5) is 0 Å². The van der Waals surface area contributed by atoms with Gasteiger partial charge in [0.05, 0.1) is 10.7 Å². The molecule has 0 aromatic carbocycles. The quantitative estimate of drug-likeness (QED) is 0.839. The fourth-order valence-electron chi connectivity index (χ4n) is 1.82. The van der Waals surface area contributed by atoms with Crippen LogP contribution >= 0.6 is 11.3 Å². The average molecular weight is 344 g/mol. The Kier molecular flexibility index (Phi) is 4.91. The highest BCUT2D eigenvalue weighted by Crippen LogP contribution is 2.21. The lowest BCUT2D eigenvalue weighted by atomic mass is 10.1. The van der Waals surface area contributed by atoms with Gasteiger partial charge in [-0.05, 0) is 19.3 Å². The molecule has 0 aliphatic rings. The monoisotopic (exact) mass is 344 g/mol. The van der Waals surface area contributed by atoms with Gasteiger partial charge in [-0.2, -0.15) is 4.98 Å². The third kappa shape index (κ3) is 4.34. The lowest BCUT2D eigenvalue weighted by molar-refractivity contribution is 0.0984. The van der Waals surface area contributed by atoms with Crippen LogP contribution in [0.1, 0.15) is 40.0 Å². The minimum absolute atomic E-state index is 0.0109. The molecule has 2 rings (SSSR count). The van der Waals surface area contributed by atoms with E-state index in [1.54, 1.807) is 6.92 Å². The van der Waals surface area contributed by atoms with Crippen LogP contribution in [0.15, 0.2) is 10.9 Å². The largest absolute Gasteiger partial charge is 0.343 e. The number of carbonyl (C=O) groups excluding carboxylic acids is 1. The molecule has 1 amide bonds. The predicted octanol–water partition coefficient (Wildman–Crippen LogP) is 1.29. The highest BCUT2D eigenvalue weighted by atomic mass is 32.2. The summed E-state index contributed by atoms with van der Waals surface area (Å²) in [4.78, 5) is 20.5. The van der Waals surface area contributed by atoms with Crippen molar-refractivity contribution in [2.75, 3.05) is 0 Å². The van der Waals surface area contributed by atoms with Crippen molar-refractivity contribution in [2.45, 2.75) is 32.9 Å². The van der Waals surface area contributed by atoms with Gasteiger partial charge in [-0.3, -0.25) is 4.79 Å². The highest BCUT2D eigenvalue weighted by molar-refractivity contribution is 7.89. The molecule has 0 aliphatic carbocycles. The molecule has 2 heterocycles. The summed E-state index contributed by atoms with van der Waals surface area (Å²) in [5.41, 5.74) is 0.616. The first-order chi connectivity index (χ1) is 10.3. The van der Waals surface area contributed by atoms with Gasteiger partial charge in [0.15, 0.2) is 5.82 Å². The van der Waals surface area contributed by atoms with Crippen LogP contribution in [0.25, 0.3) is 0 Å². The van der Waals surface area contributed by atoms with E-state index in [1.165, 1.54) is 11.3 Å². The van der Waals surface area contributed by atoms with Gasteiger partial charge in [0.2, 0.25) is 16.4 Å².